The Morgan fingerprint density at radius 1 is 1.31 bits per heavy atom. The van der Waals surface area contributed by atoms with Gasteiger partial charge in [0.25, 0.3) is 0 Å². The maximum Gasteiger partial charge on any atom is 0.154 e. The Labute approximate surface area is 101 Å². The van der Waals surface area contributed by atoms with Crippen LogP contribution in [0.4, 0.5) is 0 Å². The van der Waals surface area contributed by atoms with Crippen molar-refractivity contribution in [2.45, 2.75) is 51.1 Å². The van der Waals surface area contributed by atoms with Crippen molar-refractivity contribution in [3.8, 4) is 0 Å². The van der Waals surface area contributed by atoms with E-state index in [0.29, 0.717) is 17.6 Å². The first kappa shape index (κ1) is 14.1. The summed E-state index contributed by atoms with van der Waals surface area (Å²) in [5.74, 6) is 1.46. The van der Waals surface area contributed by atoms with Crippen molar-refractivity contribution in [1.82, 2.24) is 0 Å². The predicted octanol–water partition coefficient (Wildman–Crippen LogP) is 2.32. The minimum absolute atomic E-state index is 0.191. The van der Waals surface area contributed by atoms with Gasteiger partial charge < -0.3 is 9.47 Å². The third-order valence-corrected chi connectivity index (χ3v) is 5.09. The van der Waals surface area contributed by atoms with E-state index in [1.807, 2.05) is 6.92 Å². The topological polar surface area (TPSA) is 35.5 Å². The van der Waals surface area contributed by atoms with Crippen LogP contribution in [0.25, 0.3) is 0 Å². The Kier molecular flexibility index (Phi) is 6.54. The molecule has 0 aliphatic heterocycles. The lowest BCUT2D eigenvalue weighted by Crippen LogP contribution is -2.26. The predicted molar refractivity (Wildman–Crippen MR) is 66.9 cm³/mol. The Hall–Kier alpha value is 0.0700. The second kappa shape index (κ2) is 7.41. The van der Waals surface area contributed by atoms with Crippen LogP contribution in [0, 0.1) is 5.92 Å². The Balaban J connectivity index is 2.15. The number of rotatable bonds is 6. The fourth-order valence-corrected chi connectivity index (χ4v) is 3.42. The number of ether oxygens (including phenoxy) is 2. The number of hydrogen-bond acceptors (Lipinski definition) is 3. The highest BCUT2D eigenvalue weighted by molar-refractivity contribution is 7.85. The molecule has 2 atom stereocenters. The van der Waals surface area contributed by atoms with Gasteiger partial charge in [0.15, 0.2) is 6.29 Å². The van der Waals surface area contributed by atoms with E-state index in [2.05, 4.69) is 6.92 Å². The number of methoxy groups -OCH3 is 1. The highest BCUT2D eigenvalue weighted by Crippen LogP contribution is 2.26. The van der Waals surface area contributed by atoms with Crippen molar-refractivity contribution in [1.29, 1.82) is 0 Å². The van der Waals surface area contributed by atoms with Crippen LogP contribution in [-0.4, -0.2) is 35.2 Å². The van der Waals surface area contributed by atoms with Gasteiger partial charge in [0.1, 0.15) is 0 Å². The van der Waals surface area contributed by atoms with Crippen LogP contribution in [-0.2, 0) is 20.3 Å². The molecule has 0 spiro atoms. The van der Waals surface area contributed by atoms with E-state index in [4.69, 9.17) is 9.47 Å². The molecule has 0 amide bonds. The Morgan fingerprint density at radius 3 is 2.50 bits per heavy atom. The zero-order valence-corrected chi connectivity index (χ0v) is 11.4. The summed E-state index contributed by atoms with van der Waals surface area (Å²) >= 11 is 0. The van der Waals surface area contributed by atoms with Crippen LogP contribution < -0.4 is 0 Å². The van der Waals surface area contributed by atoms with Gasteiger partial charge in [0.05, 0.1) is 6.61 Å². The van der Waals surface area contributed by atoms with E-state index in [1.165, 1.54) is 12.8 Å². The summed E-state index contributed by atoms with van der Waals surface area (Å²) in [5.41, 5.74) is 0. The fraction of sp³-hybridized carbons (Fsp3) is 1.00. The average Bonchev–Trinajstić information content (AvgIpc) is 2.29. The Morgan fingerprint density at radius 2 is 1.94 bits per heavy atom. The molecule has 1 rings (SSSR count). The highest BCUT2D eigenvalue weighted by Gasteiger charge is 2.22. The van der Waals surface area contributed by atoms with Gasteiger partial charge in [0.2, 0.25) is 0 Å². The monoisotopic (exact) mass is 248 g/mol. The first-order valence-electron chi connectivity index (χ1n) is 6.15. The summed E-state index contributed by atoms with van der Waals surface area (Å²) in [6, 6.07) is 0. The van der Waals surface area contributed by atoms with Crippen LogP contribution in [0.3, 0.4) is 0 Å². The average molecular weight is 248 g/mol. The lowest BCUT2D eigenvalue weighted by atomic mass is 9.91. The number of hydrogen-bond donors (Lipinski definition) is 0. The summed E-state index contributed by atoms with van der Waals surface area (Å²) in [5, 5.41) is 0.401. The maximum atomic E-state index is 12.0. The van der Waals surface area contributed by atoms with E-state index >= 15 is 0 Å². The van der Waals surface area contributed by atoms with Gasteiger partial charge in [-0.1, -0.05) is 6.92 Å². The van der Waals surface area contributed by atoms with E-state index in [1.54, 1.807) is 7.11 Å². The SMILES string of the molecule is COC(C)OCCS(=O)C1CCC(C)CC1. The molecule has 1 aliphatic rings. The van der Waals surface area contributed by atoms with Crippen molar-refractivity contribution in [2.24, 2.45) is 5.92 Å². The molecule has 1 saturated carbocycles. The molecule has 2 unspecified atom stereocenters. The minimum atomic E-state index is -0.720. The van der Waals surface area contributed by atoms with Crippen LogP contribution in [0.5, 0.6) is 0 Å². The molecule has 0 saturated heterocycles. The molecule has 0 radical (unpaired) electrons. The Bertz CT molecular complexity index is 212. The smallest absolute Gasteiger partial charge is 0.154 e. The van der Waals surface area contributed by atoms with Crippen molar-refractivity contribution >= 4 is 10.8 Å². The molecular weight excluding hydrogens is 224 g/mol. The van der Waals surface area contributed by atoms with Gasteiger partial charge in [-0.3, -0.25) is 4.21 Å². The van der Waals surface area contributed by atoms with Gasteiger partial charge in [-0.25, -0.2) is 0 Å². The van der Waals surface area contributed by atoms with Crippen molar-refractivity contribution in [3.05, 3.63) is 0 Å². The van der Waals surface area contributed by atoms with Crippen molar-refractivity contribution in [3.63, 3.8) is 0 Å². The van der Waals surface area contributed by atoms with Crippen LogP contribution in [0.15, 0.2) is 0 Å². The first-order valence-corrected chi connectivity index (χ1v) is 7.53. The zero-order chi connectivity index (χ0) is 12.0. The summed E-state index contributed by atoms with van der Waals surface area (Å²) in [6.45, 7) is 4.67. The molecular formula is C12H24O3S. The molecule has 0 aromatic rings. The molecule has 0 heterocycles. The van der Waals surface area contributed by atoms with E-state index < -0.39 is 10.8 Å². The zero-order valence-electron chi connectivity index (χ0n) is 10.6. The fourth-order valence-electron chi connectivity index (χ4n) is 2.02. The van der Waals surface area contributed by atoms with E-state index in [9.17, 15) is 4.21 Å². The van der Waals surface area contributed by atoms with Gasteiger partial charge in [-0.05, 0) is 38.5 Å². The van der Waals surface area contributed by atoms with Gasteiger partial charge in [-0.2, -0.15) is 0 Å². The molecule has 1 fully saturated rings. The maximum absolute atomic E-state index is 12.0. The van der Waals surface area contributed by atoms with Crippen molar-refractivity contribution in [2.75, 3.05) is 19.5 Å². The summed E-state index contributed by atoms with van der Waals surface area (Å²) in [6.07, 6.45) is 4.50. The van der Waals surface area contributed by atoms with Crippen LogP contribution >= 0.6 is 0 Å². The van der Waals surface area contributed by atoms with Crippen LogP contribution in [0.2, 0.25) is 0 Å². The molecule has 0 aromatic heterocycles. The summed E-state index contributed by atoms with van der Waals surface area (Å²) < 4.78 is 22.3. The largest absolute Gasteiger partial charge is 0.356 e. The molecule has 0 N–H and O–H groups in total. The van der Waals surface area contributed by atoms with Gasteiger partial charge >= 0.3 is 0 Å². The summed E-state index contributed by atoms with van der Waals surface area (Å²) in [4.78, 5) is 0. The molecule has 0 bridgehead atoms. The standard InChI is InChI=1S/C12H24O3S/c1-10-4-6-12(7-5-10)16(13)9-8-15-11(2)14-3/h10-12H,4-9H2,1-3H3. The quantitative estimate of drug-likeness (QED) is 0.677. The molecule has 1 aliphatic carbocycles. The molecule has 0 aromatic carbocycles. The van der Waals surface area contributed by atoms with E-state index in [0.717, 1.165) is 18.8 Å². The normalized spacial score (nSPS) is 29.9. The molecule has 96 valence electrons. The lowest BCUT2D eigenvalue weighted by molar-refractivity contribution is -0.105. The molecule has 3 nitrogen and oxygen atoms in total. The highest BCUT2D eigenvalue weighted by atomic mass is 32.2. The second-order valence-corrected chi connectivity index (χ2v) is 6.48. The third kappa shape index (κ3) is 4.93. The third-order valence-electron chi connectivity index (χ3n) is 3.30. The molecule has 4 heteroatoms. The first-order chi connectivity index (χ1) is 7.63. The van der Waals surface area contributed by atoms with Crippen molar-refractivity contribution < 1.29 is 13.7 Å². The second-order valence-electron chi connectivity index (χ2n) is 4.64. The minimum Gasteiger partial charge on any atom is -0.356 e. The lowest BCUT2D eigenvalue weighted by Gasteiger charge is -2.25. The van der Waals surface area contributed by atoms with Crippen LogP contribution in [0.1, 0.15) is 39.5 Å². The van der Waals surface area contributed by atoms with E-state index in [-0.39, 0.29) is 6.29 Å². The van der Waals surface area contributed by atoms with Gasteiger partial charge in [0, 0.05) is 28.9 Å². The van der Waals surface area contributed by atoms with Gasteiger partial charge in [-0.15, -0.1) is 0 Å². The molecule has 16 heavy (non-hydrogen) atoms. The summed E-state index contributed by atoms with van der Waals surface area (Å²) in [7, 11) is 0.895.